The van der Waals surface area contributed by atoms with Crippen molar-refractivity contribution in [3.8, 4) is 11.5 Å². The predicted octanol–water partition coefficient (Wildman–Crippen LogP) is -2.50. The van der Waals surface area contributed by atoms with Gasteiger partial charge in [-0.05, 0) is 60.2 Å². The van der Waals surface area contributed by atoms with Crippen molar-refractivity contribution in [2.45, 2.75) is 95.2 Å². The molecular weight excluding hydrogens is 875 g/mol. The lowest BCUT2D eigenvalue weighted by molar-refractivity contribution is -0.142. The average molecular weight is 934 g/mol. The van der Waals surface area contributed by atoms with Crippen LogP contribution >= 0.6 is 0 Å². The molecule has 0 heterocycles. The van der Waals surface area contributed by atoms with E-state index in [0.717, 1.165) is 0 Å². The average Bonchev–Trinajstić information content (AvgIpc) is 3.28. The van der Waals surface area contributed by atoms with Crippen LogP contribution in [0.3, 0.4) is 0 Å². The van der Waals surface area contributed by atoms with E-state index in [9.17, 15) is 63.6 Å². The molecule has 0 spiro atoms. The molecule has 0 aliphatic heterocycles. The fraction of sp³-hybridized carbons (Fsp3) is 0.400. The lowest BCUT2D eigenvalue weighted by Crippen LogP contribution is -2.61. The van der Waals surface area contributed by atoms with E-state index < -0.39 is 115 Å². The zero-order valence-electron chi connectivity index (χ0n) is 37.2. The van der Waals surface area contributed by atoms with E-state index in [1.165, 1.54) is 55.5 Å². The van der Waals surface area contributed by atoms with Crippen molar-refractivity contribution in [3.63, 3.8) is 0 Å². The summed E-state index contributed by atoms with van der Waals surface area (Å²) in [6.07, 6.45) is -1.20. The highest BCUT2D eigenvalue weighted by atomic mass is 16.4. The van der Waals surface area contributed by atoms with Gasteiger partial charge in [0.2, 0.25) is 47.3 Å². The number of aliphatic hydroxyl groups excluding tert-OH is 1. The number of aromatic hydroxyl groups is 2. The van der Waals surface area contributed by atoms with Crippen LogP contribution in [0.2, 0.25) is 0 Å². The molecule has 3 aromatic rings. The zero-order valence-corrected chi connectivity index (χ0v) is 37.2. The Balaban J connectivity index is 1.91. The van der Waals surface area contributed by atoms with Crippen LogP contribution in [0.5, 0.6) is 11.5 Å². The Labute approximate surface area is 386 Å². The largest absolute Gasteiger partial charge is 0.508 e. The number of primary amides is 1. The van der Waals surface area contributed by atoms with Gasteiger partial charge in [-0.3, -0.25) is 38.4 Å². The first kappa shape index (κ1) is 53.7. The number of carboxylic acid groups (broad SMARTS) is 1. The number of phenolic OH excluding ortho intramolecular Hbond substituents is 2. The third kappa shape index (κ3) is 18.4. The lowest BCUT2D eigenvalue weighted by Gasteiger charge is -2.27. The maximum absolute atomic E-state index is 14.2. The number of hydrogen-bond acceptors (Lipinski definition) is 13. The molecule has 362 valence electrons. The van der Waals surface area contributed by atoms with E-state index >= 15 is 0 Å². The number of carboxylic acids is 1. The summed E-state index contributed by atoms with van der Waals surface area (Å²) in [6.45, 7) is 3.30. The number of amides is 8. The van der Waals surface area contributed by atoms with E-state index in [1.54, 1.807) is 44.2 Å². The number of hydrogen-bond donors (Lipinski definition) is 13. The number of carbonyl (C=O) groups is 9. The van der Waals surface area contributed by atoms with Crippen LogP contribution in [0.4, 0.5) is 0 Å². The fourth-order valence-electron chi connectivity index (χ4n) is 6.53. The molecule has 0 radical (unpaired) electrons. The Hall–Kier alpha value is -7.59. The quantitative estimate of drug-likeness (QED) is 0.0396. The van der Waals surface area contributed by atoms with Gasteiger partial charge in [0.1, 0.15) is 53.8 Å². The molecule has 22 heteroatoms. The van der Waals surface area contributed by atoms with E-state index in [-0.39, 0.29) is 43.1 Å². The number of rotatable bonds is 26. The van der Waals surface area contributed by atoms with Crippen LogP contribution in [-0.2, 0) is 62.4 Å². The maximum atomic E-state index is 14.2. The smallest absolute Gasteiger partial charge is 0.326 e. The van der Waals surface area contributed by atoms with E-state index in [2.05, 4.69) is 37.2 Å². The van der Waals surface area contributed by atoms with Gasteiger partial charge in [0.25, 0.3) is 0 Å². The third-order valence-electron chi connectivity index (χ3n) is 10.1. The summed E-state index contributed by atoms with van der Waals surface area (Å²) in [5.41, 5.74) is 12.0. The molecule has 0 aliphatic rings. The second-order valence-corrected chi connectivity index (χ2v) is 16.1. The summed E-state index contributed by atoms with van der Waals surface area (Å²) < 4.78 is 0. The van der Waals surface area contributed by atoms with Crippen LogP contribution in [0.1, 0.15) is 50.3 Å². The molecule has 7 atom stereocenters. The molecule has 0 bridgehead atoms. The summed E-state index contributed by atoms with van der Waals surface area (Å²) >= 11 is 0. The molecule has 3 rings (SSSR count). The summed E-state index contributed by atoms with van der Waals surface area (Å²) in [5.74, 6) is -9.07. The third-order valence-corrected chi connectivity index (χ3v) is 10.1. The molecule has 0 saturated heterocycles. The summed E-state index contributed by atoms with van der Waals surface area (Å²) in [5, 5.41) is 56.7. The second kappa shape index (κ2) is 26.4. The Morgan fingerprint density at radius 2 is 0.896 bits per heavy atom. The molecule has 8 amide bonds. The lowest BCUT2D eigenvalue weighted by atomic mass is 10.0. The molecule has 15 N–H and O–H groups in total. The molecule has 0 unspecified atom stereocenters. The van der Waals surface area contributed by atoms with Crippen LogP contribution < -0.4 is 48.7 Å². The highest BCUT2D eigenvalue weighted by molar-refractivity contribution is 5.98. The number of nitrogens with one attached hydrogen (secondary N) is 7. The van der Waals surface area contributed by atoms with E-state index in [0.29, 0.717) is 16.7 Å². The normalized spacial score (nSPS) is 14.1. The van der Waals surface area contributed by atoms with Gasteiger partial charge < -0.3 is 69.1 Å². The first-order valence-electron chi connectivity index (χ1n) is 21.2. The van der Waals surface area contributed by atoms with Gasteiger partial charge in [0, 0.05) is 19.3 Å². The summed E-state index contributed by atoms with van der Waals surface area (Å²) in [7, 11) is 0. The van der Waals surface area contributed by atoms with Crippen molar-refractivity contribution in [3.05, 3.63) is 95.6 Å². The minimum absolute atomic E-state index is 0.0815. The molecule has 22 nitrogen and oxygen atoms in total. The number of aliphatic carboxylic acids is 1. The summed E-state index contributed by atoms with van der Waals surface area (Å²) in [6, 6.07) is 9.24. The van der Waals surface area contributed by atoms with Crippen molar-refractivity contribution >= 4 is 53.2 Å². The van der Waals surface area contributed by atoms with Gasteiger partial charge >= 0.3 is 5.97 Å². The van der Waals surface area contributed by atoms with Gasteiger partial charge in [-0.15, -0.1) is 0 Å². The van der Waals surface area contributed by atoms with Crippen molar-refractivity contribution < 1.29 is 63.6 Å². The second-order valence-electron chi connectivity index (χ2n) is 16.1. The first-order valence-corrected chi connectivity index (χ1v) is 21.2. The topological polar surface area (TPSA) is 371 Å². The summed E-state index contributed by atoms with van der Waals surface area (Å²) in [4.78, 5) is 118. The van der Waals surface area contributed by atoms with Crippen molar-refractivity contribution in [1.29, 1.82) is 0 Å². The van der Waals surface area contributed by atoms with Gasteiger partial charge in [-0.25, -0.2) is 4.79 Å². The molecule has 3 aromatic carbocycles. The standard InChI is InChI=1S/C45H59N9O13/c1-24(2)17-35(45(66)67)53-39(60)25(3)48-40(61)31(19-27-9-13-29(56)14-10-27)50-41(62)32(18-26-7-5-4-6-8-26)52-44(65)36(23-55)54-42(63)33(20-28-11-15-30(57)16-12-28)51-43(64)34(21-37(47)58)49-38(59)22-46/h4-16,24-25,31-36,55-57H,17-23,46H2,1-3H3,(H2,47,58)(H,48,61)(H,49,59)(H,50,62)(H,51,64)(H,52,65)(H,53,60)(H,54,63)(H,66,67)/t25-,31-,32-,33-,34-,35-,36-/m0/s1. The van der Waals surface area contributed by atoms with Gasteiger partial charge in [0.05, 0.1) is 19.6 Å². The number of aliphatic hydroxyl groups is 1. The van der Waals surface area contributed by atoms with Crippen LogP contribution in [0.15, 0.2) is 78.9 Å². The van der Waals surface area contributed by atoms with Crippen LogP contribution in [-0.4, -0.2) is 129 Å². The Bertz CT molecular complexity index is 2190. The highest BCUT2D eigenvalue weighted by Crippen LogP contribution is 2.14. The number of carbonyl (C=O) groups excluding carboxylic acids is 8. The molecule has 0 fully saturated rings. The minimum atomic E-state index is -1.77. The SMILES string of the molecule is CC(C)C[C@H](NC(=O)[C@H](C)NC(=O)[C@H](Cc1ccc(O)cc1)NC(=O)[C@H](Cc1ccccc1)NC(=O)[C@H](CO)NC(=O)[C@H](Cc1ccc(O)cc1)NC(=O)[C@H](CC(N)=O)NC(=O)CN)C(=O)O. The van der Waals surface area contributed by atoms with E-state index in [4.69, 9.17) is 11.5 Å². The highest BCUT2D eigenvalue weighted by Gasteiger charge is 2.34. The molecule has 0 aromatic heterocycles. The molecule has 0 aliphatic carbocycles. The van der Waals surface area contributed by atoms with Gasteiger partial charge in [0.15, 0.2) is 0 Å². The zero-order chi connectivity index (χ0) is 49.8. The Morgan fingerprint density at radius 1 is 0.507 bits per heavy atom. The monoisotopic (exact) mass is 933 g/mol. The van der Waals surface area contributed by atoms with Crippen molar-refractivity contribution in [2.75, 3.05) is 13.2 Å². The van der Waals surface area contributed by atoms with Crippen molar-refractivity contribution in [2.24, 2.45) is 17.4 Å². The fourth-order valence-corrected chi connectivity index (χ4v) is 6.53. The molecule has 67 heavy (non-hydrogen) atoms. The number of benzene rings is 3. The Morgan fingerprint density at radius 3 is 1.30 bits per heavy atom. The number of phenols is 2. The van der Waals surface area contributed by atoms with Gasteiger partial charge in [-0.1, -0.05) is 68.4 Å². The maximum Gasteiger partial charge on any atom is 0.326 e. The number of nitrogens with two attached hydrogens (primary N) is 2. The first-order chi connectivity index (χ1) is 31.7. The van der Waals surface area contributed by atoms with E-state index in [1.807, 2.05) is 0 Å². The van der Waals surface area contributed by atoms with Gasteiger partial charge in [-0.2, -0.15) is 0 Å². The predicted molar refractivity (Wildman–Crippen MR) is 240 cm³/mol. The minimum Gasteiger partial charge on any atom is -0.508 e. The molecular formula is C45H59N9O13. The van der Waals surface area contributed by atoms with Crippen molar-refractivity contribution in [1.82, 2.24) is 37.2 Å². The van der Waals surface area contributed by atoms with Crippen LogP contribution in [0, 0.1) is 5.92 Å². The molecule has 0 saturated carbocycles. The van der Waals surface area contributed by atoms with Crippen LogP contribution in [0.25, 0.3) is 0 Å². The Kier molecular flexibility index (Phi) is 21.2.